The summed E-state index contributed by atoms with van der Waals surface area (Å²) in [5.41, 5.74) is 0. The van der Waals surface area contributed by atoms with Crippen LogP contribution in [-0.2, 0) is 9.53 Å². The molecule has 6 heteroatoms. The predicted molar refractivity (Wildman–Crippen MR) is 160 cm³/mol. The highest BCUT2D eigenvalue weighted by molar-refractivity contribution is 5.67. The first-order chi connectivity index (χ1) is 18.6. The van der Waals surface area contributed by atoms with Gasteiger partial charge < -0.3 is 19.9 Å². The molecule has 1 aliphatic rings. The summed E-state index contributed by atoms with van der Waals surface area (Å²) in [6.07, 6.45) is 28.9. The molecule has 38 heavy (non-hydrogen) atoms. The predicted octanol–water partition coefficient (Wildman–Crippen LogP) is 7.72. The van der Waals surface area contributed by atoms with Gasteiger partial charge in [0.2, 0.25) is 6.41 Å². The summed E-state index contributed by atoms with van der Waals surface area (Å²) in [6.45, 7) is 5.10. The van der Waals surface area contributed by atoms with Crippen LogP contribution < -0.4 is 5.32 Å². The minimum Gasteiger partial charge on any atom is -0.449 e. The first-order valence-corrected chi connectivity index (χ1v) is 16.0. The van der Waals surface area contributed by atoms with E-state index in [4.69, 9.17) is 4.74 Å². The van der Waals surface area contributed by atoms with Crippen LogP contribution in [0.1, 0.15) is 129 Å². The zero-order valence-corrected chi connectivity index (χ0v) is 25.3. The van der Waals surface area contributed by atoms with Crippen molar-refractivity contribution in [3.05, 3.63) is 12.2 Å². The molecule has 0 saturated heterocycles. The third-order valence-electron chi connectivity index (χ3n) is 7.84. The molecule has 0 aromatic carbocycles. The molecule has 1 rings (SSSR count). The number of hydrogen-bond acceptors (Lipinski definition) is 4. The number of ether oxygens (including phenoxy) is 1. The third-order valence-corrected chi connectivity index (χ3v) is 7.84. The van der Waals surface area contributed by atoms with Crippen LogP contribution in [0, 0.1) is 5.92 Å². The van der Waals surface area contributed by atoms with E-state index in [1.165, 1.54) is 96.3 Å². The van der Waals surface area contributed by atoms with Crippen molar-refractivity contribution >= 4 is 12.5 Å². The second-order valence-corrected chi connectivity index (χ2v) is 11.6. The van der Waals surface area contributed by atoms with Crippen LogP contribution in [0.3, 0.4) is 0 Å². The van der Waals surface area contributed by atoms with E-state index < -0.39 is 0 Å². The molecule has 2 unspecified atom stereocenters. The molecule has 0 radical (unpaired) electrons. The lowest BCUT2D eigenvalue weighted by molar-refractivity contribution is -0.110. The second-order valence-electron chi connectivity index (χ2n) is 11.6. The first kappa shape index (κ1) is 34.5. The number of nitrogens with one attached hydrogen (secondary N) is 1. The Morgan fingerprint density at radius 2 is 1.26 bits per heavy atom. The van der Waals surface area contributed by atoms with Crippen molar-refractivity contribution in [3.8, 4) is 0 Å². The van der Waals surface area contributed by atoms with Gasteiger partial charge in [0.1, 0.15) is 0 Å². The van der Waals surface area contributed by atoms with Crippen molar-refractivity contribution < 1.29 is 14.3 Å². The van der Waals surface area contributed by atoms with Crippen molar-refractivity contribution in [1.29, 1.82) is 0 Å². The Bertz CT molecular complexity index is 596. The minimum atomic E-state index is -0.205. The van der Waals surface area contributed by atoms with Gasteiger partial charge in [0.25, 0.3) is 0 Å². The van der Waals surface area contributed by atoms with E-state index in [1.807, 2.05) is 4.90 Å². The highest BCUT2D eigenvalue weighted by Crippen LogP contribution is 2.20. The Labute approximate surface area is 235 Å². The summed E-state index contributed by atoms with van der Waals surface area (Å²) in [7, 11) is 4.13. The maximum Gasteiger partial charge on any atom is 0.409 e. The Morgan fingerprint density at radius 1 is 0.763 bits per heavy atom. The van der Waals surface area contributed by atoms with Crippen LogP contribution in [0.4, 0.5) is 4.79 Å². The van der Waals surface area contributed by atoms with E-state index in [0.29, 0.717) is 6.61 Å². The highest BCUT2D eigenvalue weighted by atomic mass is 16.6. The van der Waals surface area contributed by atoms with Gasteiger partial charge in [0, 0.05) is 25.0 Å². The molecule has 0 bridgehead atoms. The smallest absolute Gasteiger partial charge is 0.409 e. The molecule has 0 saturated carbocycles. The van der Waals surface area contributed by atoms with Crippen molar-refractivity contribution in [2.45, 2.75) is 135 Å². The lowest BCUT2D eigenvalue weighted by Crippen LogP contribution is -2.41. The van der Waals surface area contributed by atoms with Gasteiger partial charge in [-0.1, -0.05) is 115 Å². The molecule has 0 aliphatic heterocycles. The van der Waals surface area contributed by atoms with Crippen LogP contribution in [0.25, 0.3) is 0 Å². The number of nitrogens with zero attached hydrogens (tertiary/aromatic N) is 2. The molecule has 1 N–H and O–H groups in total. The number of amides is 2. The Kier molecular flexibility index (Phi) is 22.2. The Balaban J connectivity index is 2.15. The van der Waals surface area contributed by atoms with Crippen molar-refractivity contribution in [1.82, 2.24) is 15.1 Å². The summed E-state index contributed by atoms with van der Waals surface area (Å²) in [4.78, 5) is 27.9. The van der Waals surface area contributed by atoms with Gasteiger partial charge in [-0.05, 0) is 46.3 Å². The van der Waals surface area contributed by atoms with Crippen LogP contribution in [0.2, 0.25) is 0 Å². The van der Waals surface area contributed by atoms with Crippen LogP contribution in [0.15, 0.2) is 12.2 Å². The van der Waals surface area contributed by atoms with E-state index in [0.717, 1.165) is 51.7 Å². The molecule has 0 spiro atoms. The average molecular weight is 536 g/mol. The van der Waals surface area contributed by atoms with Gasteiger partial charge in [-0.3, -0.25) is 4.79 Å². The number of hydrogen-bond donors (Lipinski definition) is 1. The fourth-order valence-electron chi connectivity index (χ4n) is 5.34. The fourth-order valence-corrected chi connectivity index (χ4v) is 5.34. The molecule has 1 aliphatic carbocycles. The number of allylic oxidation sites excluding steroid dienone is 1. The van der Waals surface area contributed by atoms with E-state index >= 15 is 0 Å². The highest BCUT2D eigenvalue weighted by Gasteiger charge is 2.24. The number of rotatable bonds is 25. The zero-order valence-electron chi connectivity index (χ0n) is 25.3. The van der Waals surface area contributed by atoms with E-state index in [2.05, 4.69) is 43.4 Å². The number of carbonyl (C=O) groups is 2. The van der Waals surface area contributed by atoms with Gasteiger partial charge in [-0.15, -0.1) is 0 Å². The van der Waals surface area contributed by atoms with E-state index in [-0.39, 0.29) is 18.1 Å². The molecule has 0 aromatic heterocycles. The standard InChI is InChI=1S/C32H61N3O3/c1-4-5-6-7-8-9-10-11-12-13-14-15-16-17-18-21-26-35(27-22-25-34(2)3)32(37)38-28-30-23-19-20-24-31(30)33-29-36/h19-20,29-31H,4-18,21-28H2,1-3H3,(H,33,36). The average Bonchev–Trinajstić information content (AvgIpc) is 2.91. The summed E-state index contributed by atoms with van der Waals surface area (Å²) in [6, 6.07) is 0.0489. The maximum atomic E-state index is 12.9. The van der Waals surface area contributed by atoms with Gasteiger partial charge in [-0.25, -0.2) is 4.79 Å². The quantitative estimate of drug-likeness (QED) is 0.0738. The monoisotopic (exact) mass is 535 g/mol. The van der Waals surface area contributed by atoms with Gasteiger partial charge in [0.15, 0.2) is 0 Å². The van der Waals surface area contributed by atoms with Crippen LogP contribution in [0.5, 0.6) is 0 Å². The van der Waals surface area contributed by atoms with Crippen molar-refractivity contribution in [3.63, 3.8) is 0 Å². The molecule has 0 aromatic rings. The SMILES string of the molecule is CCCCCCCCCCCCCCCCCCN(CCCN(C)C)C(=O)OCC1CC=CCC1NC=O. The Hall–Kier alpha value is -1.56. The van der Waals surface area contributed by atoms with E-state index in [9.17, 15) is 9.59 Å². The second kappa shape index (κ2) is 24.5. The van der Waals surface area contributed by atoms with Gasteiger partial charge in [0.05, 0.1) is 6.61 Å². The van der Waals surface area contributed by atoms with Crippen LogP contribution in [-0.4, -0.2) is 68.7 Å². The summed E-state index contributed by atoms with van der Waals surface area (Å²) < 4.78 is 5.74. The lowest BCUT2D eigenvalue weighted by atomic mass is 9.90. The Morgan fingerprint density at radius 3 is 1.79 bits per heavy atom. The summed E-state index contributed by atoms with van der Waals surface area (Å²) >= 11 is 0. The summed E-state index contributed by atoms with van der Waals surface area (Å²) in [5.74, 6) is 0.147. The van der Waals surface area contributed by atoms with Gasteiger partial charge in [-0.2, -0.15) is 0 Å². The zero-order chi connectivity index (χ0) is 27.7. The lowest BCUT2D eigenvalue weighted by Gasteiger charge is -2.29. The maximum absolute atomic E-state index is 12.9. The molecule has 0 fully saturated rings. The molecule has 6 nitrogen and oxygen atoms in total. The largest absolute Gasteiger partial charge is 0.449 e. The number of unbranched alkanes of at least 4 members (excludes halogenated alkanes) is 15. The molecule has 2 atom stereocenters. The molecule has 0 heterocycles. The molecular formula is C32H61N3O3. The van der Waals surface area contributed by atoms with Crippen molar-refractivity contribution in [2.75, 3.05) is 40.3 Å². The number of carbonyl (C=O) groups excluding carboxylic acids is 2. The third kappa shape index (κ3) is 18.7. The fraction of sp³-hybridized carbons (Fsp3) is 0.875. The normalized spacial score (nSPS) is 17.1. The molecule has 222 valence electrons. The van der Waals surface area contributed by atoms with Gasteiger partial charge >= 0.3 is 6.09 Å². The van der Waals surface area contributed by atoms with Crippen LogP contribution >= 0.6 is 0 Å². The van der Waals surface area contributed by atoms with Crippen molar-refractivity contribution in [2.24, 2.45) is 5.92 Å². The van der Waals surface area contributed by atoms with E-state index in [1.54, 1.807) is 0 Å². The topological polar surface area (TPSA) is 61.9 Å². The molecular weight excluding hydrogens is 474 g/mol. The minimum absolute atomic E-state index is 0.0489. The summed E-state index contributed by atoms with van der Waals surface area (Å²) in [5, 5.41) is 2.88. The first-order valence-electron chi connectivity index (χ1n) is 16.0. The molecule has 2 amide bonds.